The van der Waals surface area contributed by atoms with Gasteiger partial charge in [-0.3, -0.25) is 4.99 Å². The van der Waals surface area contributed by atoms with E-state index in [1.54, 1.807) is 13.3 Å². The van der Waals surface area contributed by atoms with Crippen LogP contribution in [0.15, 0.2) is 9.98 Å². The Bertz CT molecular complexity index is 308. The molecular weight excluding hydrogens is 220 g/mol. The van der Waals surface area contributed by atoms with E-state index < -0.39 is 0 Å². The van der Waals surface area contributed by atoms with Gasteiger partial charge in [-0.15, -0.1) is 12.3 Å². The van der Waals surface area contributed by atoms with Gasteiger partial charge in [0.2, 0.25) is 0 Å². The van der Waals surface area contributed by atoms with Gasteiger partial charge in [-0.2, -0.15) is 0 Å². The van der Waals surface area contributed by atoms with E-state index >= 15 is 0 Å². The number of nitrogens with zero attached hydrogens (tertiary/aromatic N) is 2. The molecule has 102 valence electrons. The lowest BCUT2D eigenvalue weighted by Gasteiger charge is -2.52. The van der Waals surface area contributed by atoms with Crippen molar-refractivity contribution in [2.75, 3.05) is 7.05 Å². The molecule has 0 amide bonds. The second-order valence-corrected chi connectivity index (χ2v) is 4.78. The Balaban J connectivity index is 0.000000292. The normalized spacial score (nSPS) is 20.8. The van der Waals surface area contributed by atoms with Crippen LogP contribution < -0.4 is 0 Å². The molecule has 0 aliphatic heterocycles. The van der Waals surface area contributed by atoms with E-state index in [0.29, 0.717) is 5.92 Å². The van der Waals surface area contributed by atoms with Crippen molar-refractivity contribution in [1.82, 2.24) is 0 Å². The number of rotatable bonds is 0. The van der Waals surface area contributed by atoms with Crippen LogP contribution in [0.5, 0.6) is 0 Å². The minimum absolute atomic E-state index is 0.644. The average Bonchev–Trinajstić information content (AvgIpc) is 2.30. The minimum atomic E-state index is 0.644. The Hall–Kier alpha value is -1.10. The molecule has 0 bridgehead atoms. The van der Waals surface area contributed by atoms with Crippen LogP contribution in [0, 0.1) is 23.7 Å². The van der Waals surface area contributed by atoms with Crippen molar-refractivity contribution in [3.63, 3.8) is 0 Å². The second kappa shape index (κ2) is 8.91. The molecule has 0 N–H and O–H groups in total. The number of hydrogen-bond donors (Lipinski definition) is 0. The maximum Gasteiger partial charge on any atom is 0.119 e. The largest absolute Gasteiger partial charge is 0.274 e. The average molecular weight is 248 g/mol. The summed E-state index contributed by atoms with van der Waals surface area (Å²) in [7, 11) is 1.72. The maximum absolute atomic E-state index is 5.28. The van der Waals surface area contributed by atoms with Crippen molar-refractivity contribution in [3.8, 4) is 12.3 Å². The molecule has 0 atom stereocenters. The summed E-state index contributed by atoms with van der Waals surface area (Å²) in [5.74, 6) is 4.29. The van der Waals surface area contributed by atoms with E-state index in [2.05, 4.69) is 15.9 Å². The quantitative estimate of drug-likeness (QED) is 0.346. The molecule has 0 radical (unpaired) electrons. The van der Waals surface area contributed by atoms with Crippen LogP contribution in [0.4, 0.5) is 0 Å². The summed E-state index contributed by atoms with van der Waals surface area (Å²) in [6.07, 6.45) is 14.1. The zero-order valence-electron chi connectivity index (χ0n) is 12.7. The van der Waals surface area contributed by atoms with Crippen molar-refractivity contribution in [1.29, 1.82) is 0 Å². The third kappa shape index (κ3) is 5.04. The monoisotopic (exact) mass is 248 g/mol. The molecule has 2 aliphatic rings. The highest BCUT2D eigenvalue weighted by molar-refractivity contribution is 5.86. The summed E-state index contributed by atoms with van der Waals surface area (Å²) in [6.45, 7) is 7.73. The summed E-state index contributed by atoms with van der Waals surface area (Å²) in [5, 5.41) is 0. The predicted molar refractivity (Wildman–Crippen MR) is 82.4 cm³/mol. The lowest BCUT2D eigenvalue weighted by Crippen LogP contribution is -2.41. The molecule has 2 nitrogen and oxygen atoms in total. The summed E-state index contributed by atoms with van der Waals surface area (Å²) < 4.78 is 0. The Labute approximate surface area is 113 Å². The van der Waals surface area contributed by atoms with Crippen LogP contribution >= 0.6 is 0 Å². The summed E-state index contributed by atoms with van der Waals surface area (Å²) >= 11 is 0. The third-order valence-corrected chi connectivity index (χ3v) is 3.65. The van der Waals surface area contributed by atoms with Crippen molar-refractivity contribution >= 4 is 12.1 Å². The summed E-state index contributed by atoms with van der Waals surface area (Å²) in [5.41, 5.74) is 0.775. The zero-order chi connectivity index (χ0) is 14.0. The highest BCUT2D eigenvalue weighted by Crippen LogP contribution is 2.58. The van der Waals surface area contributed by atoms with Gasteiger partial charge in [0.1, 0.15) is 5.84 Å². The van der Waals surface area contributed by atoms with Gasteiger partial charge in [-0.05, 0) is 44.9 Å². The Morgan fingerprint density at radius 1 is 1.33 bits per heavy atom. The molecular formula is C16H28N2. The molecule has 0 heterocycles. The van der Waals surface area contributed by atoms with Crippen molar-refractivity contribution in [2.45, 2.75) is 59.8 Å². The Morgan fingerprint density at radius 2 is 1.89 bits per heavy atom. The molecule has 2 rings (SSSR count). The first-order valence-electron chi connectivity index (χ1n) is 7.04. The fourth-order valence-electron chi connectivity index (χ4n) is 2.43. The molecule has 0 aromatic rings. The first kappa shape index (κ1) is 16.9. The fraction of sp³-hybridized carbons (Fsp3) is 0.750. The van der Waals surface area contributed by atoms with Crippen molar-refractivity contribution < 1.29 is 0 Å². The van der Waals surface area contributed by atoms with E-state index in [1.165, 1.54) is 32.1 Å². The Kier molecular flexibility index (Phi) is 8.37. The van der Waals surface area contributed by atoms with Crippen LogP contribution in [-0.2, 0) is 0 Å². The van der Waals surface area contributed by atoms with E-state index in [0.717, 1.165) is 11.3 Å². The molecule has 2 aliphatic carbocycles. The van der Waals surface area contributed by atoms with Gasteiger partial charge in [0.15, 0.2) is 0 Å². The Morgan fingerprint density at radius 3 is 2.11 bits per heavy atom. The van der Waals surface area contributed by atoms with Gasteiger partial charge < -0.3 is 0 Å². The predicted octanol–water partition coefficient (Wildman–Crippen LogP) is 4.35. The van der Waals surface area contributed by atoms with Gasteiger partial charge >= 0.3 is 0 Å². The van der Waals surface area contributed by atoms with Gasteiger partial charge in [0, 0.05) is 19.2 Å². The molecule has 2 heteroatoms. The SMILES string of the molecule is C#CC1CC2(CCC2)C1.CC.CC=NC(C)=NC. The van der Waals surface area contributed by atoms with Crippen LogP contribution in [-0.4, -0.2) is 19.1 Å². The third-order valence-electron chi connectivity index (χ3n) is 3.65. The van der Waals surface area contributed by atoms with Crippen LogP contribution in [0.25, 0.3) is 0 Å². The fourth-order valence-corrected chi connectivity index (χ4v) is 2.43. The van der Waals surface area contributed by atoms with Gasteiger partial charge in [0.05, 0.1) is 0 Å². The van der Waals surface area contributed by atoms with Gasteiger partial charge in [-0.1, -0.05) is 20.3 Å². The molecule has 0 unspecified atom stereocenters. The summed E-state index contributed by atoms with van der Waals surface area (Å²) in [6, 6.07) is 0. The first-order valence-corrected chi connectivity index (χ1v) is 7.04. The van der Waals surface area contributed by atoms with E-state index in [-0.39, 0.29) is 0 Å². The van der Waals surface area contributed by atoms with Gasteiger partial charge in [-0.25, -0.2) is 4.99 Å². The number of aliphatic imine (C=N–C) groups is 2. The van der Waals surface area contributed by atoms with Crippen LogP contribution in [0.1, 0.15) is 59.8 Å². The van der Waals surface area contributed by atoms with Crippen LogP contribution in [0.2, 0.25) is 0 Å². The summed E-state index contributed by atoms with van der Waals surface area (Å²) in [4.78, 5) is 7.66. The number of amidine groups is 1. The molecule has 18 heavy (non-hydrogen) atoms. The molecule has 2 saturated carbocycles. The molecule has 2 fully saturated rings. The number of terminal acetylenes is 1. The lowest BCUT2D eigenvalue weighted by atomic mass is 9.52. The highest BCUT2D eigenvalue weighted by atomic mass is 14.9. The second-order valence-electron chi connectivity index (χ2n) is 4.78. The highest BCUT2D eigenvalue weighted by Gasteiger charge is 2.47. The molecule has 0 saturated heterocycles. The lowest BCUT2D eigenvalue weighted by molar-refractivity contribution is -0.000216. The van der Waals surface area contributed by atoms with Crippen molar-refractivity contribution in [2.24, 2.45) is 21.3 Å². The maximum atomic E-state index is 5.28. The molecule has 1 spiro atoms. The topological polar surface area (TPSA) is 24.7 Å². The first-order chi connectivity index (χ1) is 8.65. The smallest absolute Gasteiger partial charge is 0.119 e. The van der Waals surface area contributed by atoms with E-state index in [4.69, 9.17) is 6.42 Å². The zero-order valence-corrected chi connectivity index (χ0v) is 12.7. The standard InChI is InChI=1S/C9H12.C5H10N2.C2H6/c1-2-8-6-9(7-8)4-3-5-9;1-4-7-5(2)6-3;1-2/h1,8H,3-7H2;4H,1-3H3;1-2H3. The van der Waals surface area contributed by atoms with E-state index in [1.807, 2.05) is 27.7 Å². The van der Waals surface area contributed by atoms with E-state index in [9.17, 15) is 0 Å². The minimum Gasteiger partial charge on any atom is -0.274 e. The van der Waals surface area contributed by atoms with Gasteiger partial charge in [0.25, 0.3) is 0 Å². The van der Waals surface area contributed by atoms with Crippen molar-refractivity contribution in [3.05, 3.63) is 0 Å². The molecule has 0 aromatic carbocycles. The number of hydrogen-bond acceptors (Lipinski definition) is 1. The van der Waals surface area contributed by atoms with Crippen LogP contribution in [0.3, 0.4) is 0 Å². The molecule has 0 aromatic heterocycles.